The molecular weight excluding hydrogens is 162 g/mol. The zero-order chi connectivity index (χ0) is 8.10. The third kappa shape index (κ3) is 2.99. The van der Waals surface area contributed by atoms with Crippen LogP contribution in [0, 0.1) is 0 Å². The molecule has 1 rings (SSSR count). The highest BCUT2D eigenvalue weighted by Gasteiger charge is 2.18. The van der Waals surface area contributed by atoms with E-state index in [1.54, 1.807) is 0 Å². The van der Waals surface area contributed by atoms with Gasteiger partial charge in [0.25, 0.3) is 0 Å². The number of rotatable bonds is 4. The van der Waals surface area contributed by atoms with Gasteiger partial charge in [-0.25, -0.2) is 0 Å². The summed E-state index contributed by atoms with van der Waals surface area (Å²) in [6, 6.07) is 0.364. The highest BCUT2D eigenvalue weighted by Crippen LogP contribution is 2.17. The summed E-state index contributed by atoms with van der Waals surface area (Å²) in [5, 5.41) is 20.7. The lowest BCUT2D eigenvalue weighted by Gasteiger charge is -2.17. The van der Waals surface area contributed by atoms with Crippen molar-refractivity contribution in [2.24, 2.45) is 0 Å². The molecule has 0 aliphatic carbocycles. The Morgan fingerprint density at radius 3 is 2.64 bits per heavy atom. The van der Waals surface area contributed by atoms with Crippen LogP contribution in [-0.2, 0) is 0 Å². The van der Waals surface area contributed by atoms with Crippen LogP contribution >= 0.6 is 11.8 Å². The van der Waals surface area contributed by atoms with Crippen molar-refractivity contribution in [1.82, 2.24) is 5.32 Å². The van der Waals surface area contributed by atoms with Crippen LogP contribution in [0.4, 0.5) is 0 Å². The zero-order valence-electron chi connectivity index (χ0n) is 6.49. The van der Waals surface area contributed by atoms with Gasteiger partial charge >= 0.3 is 0 Å². The highest BCUT2D eigenvalue weighted by molar-refractivity contribution is 7.99. The van der Waals surface area contributed by atoms with Crippen molar-refractivity contribution in [2.75, 3.05) is 24.7 Å². The minimum Gasteiger partial charge on any atom is -0.395 e. The minimum atomic E-state index is -0.126. The van der Waals surface area contributed by atoms with Crippen LogP contribution in [0.5, 0.6) is 0 Å². The van der Waals surface area contributed by atoms with Crippen LogP contribution in [0.15, 0.2) is 0 Å². The van der Waals surface area contributed by atoms with Crippen molar-refractivity contribution in [3.63, 3.8) is 0 Å². The Balaban J connectivity index is 2.16. The molecule has 0 saturated carbocycles. The number of thioether (sulfide) groups is 1. The molecule has 0 amide bonds. The fourth-order valence-electron chi connectivity index (χ4n) is 1.16. The Kier molecular flexibility index (Phi) is 4.22. The monoisotopic (exact) mass is 177 g/mol. The summed E-state index contributed by atoms with van der Waals surface area (Å²) in [5.74, 6) is 2.30. The number of hydrogen-bond acceptors (Lipinski definition) is 4. The third-order valence-corrected chi connectivity index (χ3v) is 3.00. The molecule has 0 aromatic rings. The second-order valence-corrected chi connectivity index (χ2v) is 3.94. The van der Waals surface area contributed by atoms with E-state index < -0.39 is 0 Å². The van der Waals surface area contributed by atoms with Gasteiger partial charge in [0.2, 0.25) is 0 Å². The van der Waals surface area contributed by atoms with Gasteiger partial charge in [0, 0.05) is 11.8 Å². The molecule has 1 aliphatic rings. The van der Waals surface area contributed by atoms with Crippen molar-refractivity contribution >= 4 is 11.8 Å². The maximum atomic E-state index is 8.76. The summed E-state index contributed by atoms with van der Waals surface area (Å²) in [6.07, 6.45) is 1.15. The first-order valence-electron chi connectivity index (χ1n) is 3.92. The lowest BCUT2D eigenvalue weighted by Crippen LogP contribution is -2.42. The van der Waals surface area contributed by atoms with Gasteiger partial charge in [-0.3, -0.25) is 0 Å². The Hall–Kier alpha value is 0.230. The predicted octanol–water partition coefficient (Wildman–Crippen LogP) is -0.565. The molecule has 1 saturated heterocycles. The third-order valence-electron chi connectivity index (χ3n) is 1.84. The van der Waals surface area contributed by atoms with E-state index in [4.69, 9.17) is 10.2 Å². The summed E-state index contributed by atoms with van der Waals surface area (Å²) >= 11 is 1.92. The second kappa shape index (κ2) is 4.98. The molecule has 4 heteroatoms. The van der Waals surface area contributed by atoms with Gasteiger partial charge in [-0.2, -0.15) is 11.8 Å². The van der Waals surface area contributed by atoms with Crippen molar-refractivity contribution in [3.8, 4) is 0 Å². The average Bonchev–Trinajstić information content (AvgIpc) is 2.52. The molecule has 0 bridgehead atoms. The van der Waals surface area contributed by atoms with Gasteiger partial charge in [0.1, 0.15) is 0 Å². The van der Waals surface area contributed by atoms with Crippen LogP contribution in [0.1, 0.15) is 6.42 Å². The molecule has 0 aromatic carbocycles. The Labute approximate surface area is 71.2 Å². The minimum absolute atomic E-state index is 0.0255. The normalized spacial score (nSPS) is 24.8. The lowest BCUT2D eigenvalue weighted by atomic mass is 10.2. The molecule has 66 valence electrons. The molecule has 1 heterocycles. The van der Waals surface area contributed by atoms with Crippen molar-refractivity contribution in [3.05, 3.63) is 0 Å². The van der Waals surface area contributed by atoms with Crippen molar-refractivity contribution in [1.29, 1.82) is 0 Å². The van der Waals surface area contributed by atoms with E-state index in [1.807, 2.05) is 11.8 Å². The van der Waals surface area contributed by atoms with Gasteiger partial charge in [0.05, 0.1) is 19.3 Å². The first-order chi connectivity index (χ1) is 5.36. The Morgan fingerprint density at radius 1 is 1.45 bits per heavy atom. The first kappa shape index (κ1) is 9.32. The molecule has 0 unspecified atom stereocenters. The highest BCUT2D eigenvalue weighted by atomic mass is 32.2. The SMILES string of the molecule is OCC(CO)N[C@H]1CCSC1. The number of hydrogen-bond donors (Lipinski definition) is 3. The molecule has 1 aliphatic heterocycles. The number of aliphatic hydroxyl groups is 2. The van der Waals surface area contributed by atoms with Gasteiger partial charge in [-0.15, -0.1) is 0 Å². The van der Waals surface area contributed by atoms with E-state index in [0.29, 0.717) is 6.04 Å². The van der Waals surface area contributed by atoms with E-state index >= 15 is 0 Å². The summed E-state index contributed by atoms with van der Waals surface area (Å²) < 4.78 is 0. The molecular formula is C7H15NO2S. The van der Waals surface area contributed by atoms with E-state index in [0.717, 1.165) is 12.2 Å². The van der Waals surface area contributed by atoms with Gasteiger partial charge in [0.15, 0.2) is 0 Å². The standard InChI is InChI=1S/C7H15NO2S/c9-3-7(4-10)8-6-1-2-11-5-6/h6-10H,1-5H2/t6-/m0/s1. The summed E-state index contributed by atoms with van der Waals surface area (Å²) in [7, 11) is 0. The molecule has 3 nitrogen and oxygen atoms in total. The molecule has 1 atom stereocenters. The number of nitrogens with one attached hydrogen (secondary N) is 1. The van der Waals surface area contributed by atoms with Crippen LogP contribution in [0.2, 0.25) is 0 Å². The summed E-state index contributed by atoms with van der Waals surface area (Å²) in [4.78, 5) is 0. The van der Waals surface area contributed by atoms with Crippen LogP contribution < -0.4 is 5.32 Å². The fourth-order valence-corrected chi connectivity index (χ4v) is 2.33. The maximum Gasteiger partial charge on any atom is 0.0607 e. The van der Waals surface area contributed by atoms with Crippen LogP contribution in [0.25, 0.3) is 0 Å². The topological polar surface area (TPSA) is 52.5 Å². The molecule has 1 fully saturated rings. The van der Waals surface area contributed by atoms with Crippen molar-refractivity contribution in [2.45, 2.75) is 18.5 Å². The molecule has 0 spiro atoms. The van der Waals surface area contributed by atoms with Crippen molar-refractivity contribution < 1.29 is 10.2 Å². The molecule has 0 radical (unpaired) electrons. The quantitative estimate of drug-likeness (QED) is 0.538. The number of aliphatic hydroxyl groups excluding tert-OH is 2. The fraction of sp³-hybridized carbons (Fsp3) is 1.00. The van der Waals surface area contributed by atoms with Gasteiger partial charge in [-0.1, -0.05) is 0 Å². The smallest absolute Gasteiger partial charge is 0.0607 e. The van der Waals surface area contributed by atoms with E-state index in [9.17, 15) is 0 Å². The van der Waals surface area contributed by atoms with Crippen LogP contribution in [0.3, 0.4) is 0 Å². The van der Waals surface area contributed by atoms with Crippen LogP contribution in [-0.4, -0.2) is 47.0 Å². The summed E-state index contributed by atoms with van der Waals surface area (Å²) in [5.41, 5.74) is 0. The van der Waals surface area contributed by atoms with Gasteiger partial charge in [-0.05, 0) is 12.2 Å². The predicted molar refractivity (Wildman–Crippen MR) is 46.8 cm³/mol. The Bertz CT molecular complexity index is 103. The van der Waals surface area contributed by atoms with E-state index in [2.05, 4.69) is 5.32 Å². The van der Waals surface area contributed by atoms with E-state index in [-0.39, 0.29) is 19.3 Å². The largest absolute Gasteiger partial charge is 0.395 e. The Morgan fingerprint density at radius 2 is 2.18 bits per heavy atom. The maximum absolute atomic E-state index is 8.76. The zero-order valence-corrected chi connectivity index (χ0v) is 7.31. The summed E-state index contributed by atoms with van der Waals surface area (Å²) in [6.45, 7) is 0.0509. The van der Waals surface area contributed by atoms with Gasteiger partial charge < -0.3 is 15.5 Å². The van der Waals surface area contributed by atoms with E-state index in [1.165, 1.54) is 5.75 Å². The lowest BCUT2D eigenvalue weighted by molar-refractivity contribution is 0.164. The molecule has 11 heavy (non-hydrogen) atoms. The molecule has 3 N–H and O–H groups in total. The first-order valence-corrected chi connectivity index (χ1v) is 5.07. The second-order valence-electron chi connectivity index (χ2n) is 2.79. The average molecular weight is 177 g/mol. The molecule has 0 aromatic heterocycles.